The quantitative estimate of drug-likeness (QED) is 0.289. The first kappa shape index (κ1) is 26.5. The highest BCUT2D eigenvalue weighted by Crippen LogP contribution is 2.39. The maximum atomic E-state index is 13.2. The van der Waals surface area contributed by atoms with Gasteiger partial charge in [0.05, 0.1) is 42.8 Å². The average Bonchev–Trinajstić information content (AvgIpc) is 3.12. The van der Waals surface area contributed by atoms with Gasteiger partial charge in [0, 0.05) is 24.1 Å². The minimum absolute atomic E-state index is 0.0155. The number of amides is 1. The standard InChI is InChI=1S/C25H28BrN3O6S/c1-27(2)36(33,34)20-8-6-17(7-9-20)23(30)21-22(18-4-3-5-19(26)16-18)29(25(32)24(21)31)11-10-28-12-14-35-15-13-28/h3-9,16,22,30H,10-15H2,1-2H3/p+1/t22-/m1/s1. The Balaban J connectivity index is 1.73. The molecule has 11 heteroatoms. The van der Waals surface area contributed by atoms with Crippen molar-refractivity contribution >= 4 is 43.4 Å². The third-order valence-corrected chi connectivity index (χ3v) is 8.84. The smallest absolute Gasteiger partial charge is 0.295 e. The Labute approximate surface area is 219 Å². The fourth-order valence-electron chi connectivity index (χ4n) is 4.47. The predicted molar refractivity (Wildman–Crippen MR) is 137 cm³/mol. The van der Waals surface area contributed by atoms with Crippen LogP contribution >= 0.6 is 15.9 Å². The van der Waals surface area contributed by atoms with Crippen LogP contribution in [0.4, 0.5) is 0 Å². The zero-order valence-corrected chi connectivity index (χ0v) is 22.5. The Morgan fingerprint density at radius 1 is 1.14 bits per heavy atom. The second-order valence-corrected chi connectivity index (χ2v) is 12.0. The highest BCUT2D eigenvalue weighted by atomic mass is 79.9. The number of ketones is 1. The van der Waals surface area contributed by atoms with Crippen LogP contribution in [0.15, 0.2) is 63.5 Å². The average molecular weight is 579 g/mol. The number of likely N-dealkylation sites (tertiary alicyclic amines) is 1. The molecule has 2 N–H and O–H groups in total. The zero-order valence-electron chi connectivity index (χ0n) is 20.1. The van der Waals surface area contributed by atoms with Gasteiger partial charge in [-0.25, -0.2) is 12.7 Å². The van der Waals surface area contributed by atoms with Gasteiger partial charge < -0.3 is 19.6 Å². The number of benzene rings is 2. The van der Waals surface area contributed by atoms with Crippen molar-refractivity contribution in [3.8, 4) is 0 Å². The van der Waals surface area contributed by atoms with Gasteiger partial charge in [-0.3, -0.25) is 9.59 Å². The van der Waals surface area contributed by atoms with Gasteiger partial charge >= 0.3 is 0 Å². The number of nitrogens with zero attached hydrogens (tertiary/aromatic N) is 2. The SMILES string of the molecule is CN(C)S(=O)(=O)c1ccc(C(O)=C2C(=O)C(=O)N(CC[NH+]3CCOCC3)[C@@H]2c2cccc(Br)c2)cc1. The molecule has 2 aliphatic heterocycles. The van der Waals surface area contributed by atoms with E-state index in [4.69, 9.17) is 4.74 Å². The van der Waals surface area contributed by atoms with Crippen molar-refractivity contribution in [1.82, 2.24) is 9.21 Å². The second kappa shape index (κ2) is 10.8. The highest BCUT2D eigenvalue weighted by Gasteiger charge is 2.46. The van der Waals surface area contributed by atoms with Crippen LogP contribution in [0.3, 0.4) is 0 Å². The molecule has 0 unspecified atom stereocenters. The van der Waals surface area contributed by atoms with Gasteiger partial charge in [-0.2, -0.15) is 0 Å². The lowest BCUT2D eigenvalue weighted by Gasteiger charge is -2.29. The molecule has 0 aromatic heterocycles. The Morgan fingerprint density at radius 3 is 2.42 bits per heavy atom. The van der Waals surface area contributed by atoms with Crippen LogP contribution in [0, 0.1) is 0 Å². The number of hydrogen-bond donors (Lipinski definition) is 2. The minimum atomic E-state index is -3.65. The molecule has 0 aliphatic carbocycles. The van der Waals surface area contributed by atoms with E-state index in [1.807, 2.05) is 24.3 Å². The van der Waals surface area contributed by atoms with Crippen LogP contribution in [0.1, 0.15) is 17.2 Å². The van der Waals surface area contributed by atoms with E-state index in [2.05, 4.69) is 15.9 Å². The molecule has 2 fully saturated rings. The van der Waals surface area contributed by atoms with Crippen LogP contribution in [0.5, 0.6) is 0 Å². The van der Waals surface area contributed by atoms with Crippen molar-refractivity contribution in [3.63, 3.8) is 0 Å². The summed E-state index contributed by atoms with van der Waals surface area (Å²) in [6.45, 7) is 3.96. The molecule has 1 atom stereocenters. The van der Waals surface area contributed by atoms with E-state index in [-0.39, 0.29) is 21.8 Å². The number of Topliss-reactive ketones (excluding diaryl/α,β-unsaturated/α-hetero) is 1. The molecule has 0 bridgehead atoms. The Hall–Kier alpha value is -2.57. The molecule has 36 heavy (non-hydrogen) atoms. The summed E-state index contributed by atoms with van der Waals surface area (Å²) < 4.78 is 32.1. The van der Waals surface area contributed by atoms with Crippen LogP contribution in [-0.4, -0.2) is 87.9 Å². The molecule has 1 amide bonds. The topological polar surface area (TPSA) is 109 Å². The molecule has 192 valence electrons. The number of halogens is 1. The molecule has 2 saturated heterocycles. The van der Waals surface area contributed by atoms with Gasteiger partial charge in [0.1, 0.15) is 18.8 Å². The third kappa shape index (κ3) is 5.25. The molecule has 0 radical (unpaired) electrons. The number of ether oxygens (including phenoxy) is 1. The molecule has 0 saturated carbocycles. The first-order chi connectivity index (χ1) is 17.1. The Bertz CT molecular complexity index is 1290. The van der Waals surface area contributed by atoms with Gasteiger partial charge in [0.15, 0.2) is 0 Å². The van der Waals surface area contributed by atoms with Crippen LogP contribution in [-0.2, 0) is 24.3 Å². The molecule has 2 aromatic carbocycles. The normalized spacial score (nSPS) is 20.9. The first-order valence-corrected chi connectivity index (χ1v) is 13.8. The summed E-state index contributed by atoms with van der Waals surface area (Å²) in [5, 5.41) is 11.2. The number of morpholine rings is 1. The van der Waals surface area contributed by atoms with Gasteiger partial charge in [-0.05, 0) is 42.0 Å². The lowest BCUT2D eigenvalue weighted by molar-refractivity contribution is -0.907. The number of rotatable bonds is 7. The summed E-state index contributed by atoms with van der Waals surface area (Å²) in [7, 11) is -0.790. The maximum absolute atomic E-state index is 13.2. The van der Waals surface area contributed by atoms with E-state index in [0.29, 0.717) is 31.9 Å². The van der Waals surface area contributed by atoms with E-state index in [9.17, 15) is 23.1 Å². The number of aliphatic hydroxyl groups excluding tert-OH is 1. The maximum Gasteiger partial charge on any atom is 0.295 e. The van der Waals surface area contributed by atoms with E-state index < -0.39 is 27.8 Å². The van der Waals surface area contributed by atoms with E-state index in [0.717, 1.165) is 21.9 Å². The number of hydrogen-bond acceptors (Lipinski definition) is 6. The zero-order chi connectivity index (χ0) is 26.0. The van der Waals surface area contributed by atoms with Gasteiger partial charge in [0.2, 0.25) is 10.0 Å². The monoisotopic (exact) mass is 578 g/mol. The molecule has 2 aliphatic rings. The summed E-state index contributed by atoms with van der Waals surface area (Å²) in [5.74, 6) is -1.77. The molecule has 2 heterocycles. The number of quaternary nitrogens is 1. The van der Waals surface area contributed by atoms with Gasteiger partial charge in [0.25, 0.3) is 11.7 Å². The molecular weight excluding hydrogens is 550 g/mol. The second-order valence-electron chi connectivity index (χ2n) is 8.97. The van der Waals surface area contributed by atoms with Crippen molar-refractivity contribution < 1.29 is 32.8 Å². The molecular formula is C25H29BrN3O6S+. The molecule has 0 spiro atoms. The summed E-state index contributed by atoms with van der Waals surface area (Å²) in [5.41, 5.74) is 0.928. The number of carbonyl (C=O) groups excluding carboxylic acids is 2. The summed E-state index contributed by atoms with van der Waals surface area (Å²) in [4.78, 5) is 29.2. The summed E-state index contributed by atoms with van der Waals surface area (Å²) in [6, 6.07) is 12.1. The van der Waals surface area contributed by atoms with Crippen molar-refractivity contribution in [3.05, 3.63) is 69.7 Å². The van der Waals surface area contributed by atoms with E-state index in [1.165, 1.54) is 48.2 Å². The fourth-order valence-corrected chi connectivity index (χ4v) is 5.79. The number of aliphatic hydroxyl groups is 1. The Morgan fingerprint density at radius 2 is 1.81 bits per heavy atom. The number of carbonyl (C=O) groups is 2. The van der Waals surface area contributed by atoms with E-state index in [1.54, 1.807) is 0 Å². The minimum Gasteiger partial charge on any atom is -0.507 e. The largest absolute Gasteiger partial charge is 0.507 e. The van der Waals surface area contributed by atoms with Gasteiger partial charge in [-0.1, -0.05) is 28.1 Å². The fraction of sp³-hybridized carbons (Fsp3) is 0.360. The predicted octanol–water partition coefficient (Wildman–Crippen LogP) is 1.04. The Kier molecular flexibility index (Phi) is 7.96. The molecule has 2 aromatic rings. The summed E-state index contributed by atoms with van der Waals surface area (Å²) >= 11 is 3.46. The van der Waals surface area contributed by atoms with Crippen molar-refractivity contribution in [1.29, 1.82) is 0 Å². The molecule has 9 nitrogen and oxygen atoms in total. The lowest BCUT2D eigenvalue weighted by atomic mass is 9.95. The third-order valence-electron chi connectivity index (χ3n) is 6.52. The van der Waals surface area contributed by atoms with Crippen LogP contribution < -0.4 is 4.90 Å². The number of nitrogens with one attached hydrogen (secondary N) is 1. The van der Waals surface area contributed by atoms with Crippen LogP contribution in [0.2, 0.25) is 0 Å². The van der Waals surface area contributed by atoms with Crippen molar-refractivity contribution in [2.24, 2.45) is 0 Å². The number of sulfonamides is 1. The molecule has 4 rings (SSSR count). The van der Waals surface area contributed by atoms with Gasteiger partial charge in [-0.15, -0.1) is 0 Å². The van der Waals surface area contributed by atoms with E-state index >= 15 is 0 Å². The highest BCUT2D eigenvalue weighted by molar-refractivity contribution is 9.10. The summed E-state index contributed by atoms with van der Waals surface area (Å²) in [6.07, 6.45) is 0. The lowest BCUT2D eigenvalue weighted by Crippen LogP contribution is -3.14. The van der Waals surface area contributed by atoms with Crippen molar-refractivity contribution in [2.45, 2.75) is 10.9 Å². The van der Waals surface area contributed by atoms with Crippen molar-refractivity contribution in [2.75, 3.05) is 53.5 Å². The first-order valence-electron chi connectivity index (χ1n) is 11.6. The van der Waals surface area contributed by atoms with Crippen LogP contribution in [0.25, 0.3) is 5.76 Å².